The Hall–Kier alpha value is -1.47. The Balaban J connectivity index is 2.87. The second-order valence-electron chi connectivity index (χ2n) is 4.79. The molecule has 1 heterocycles. The number of ketones is 1. The molecule has 0 saturated carbocycles. The molecule has 0 bridgehead atoms. The summed E-state index contributed by atoms with van der Waals surface area (Å²) < 4.78 is 10.2. The van der Waals surface area contributed by atoms with Gasteiger partial charge < -0.3 is 14.8 Å². The van der Waals surface area contributed by atoms with Crippen LogP contribution in [-0.4, -0.2) is 42.6 Å². The van der Waals surface area contributed by atoms with E-state index in [2.05, 4.69) is 15.0 Å². The summed E-state index contributed by atoms with van der Waals surface area (Å²) in [6.07, 6.45) is 0. The number of Topliss-reactive ketones (excluding diaryl/α,β-unsaturated/α-hetero) is 1. The van der Waals surface area contributed by atoms with Gasteiger partial charge in [0.05, 0.1) is 12.7 Å². The average Bonchev–Trinajstić information content (AvgIpc) is 2.80. The lowest BCUT2D eigenvalue weighted by molar-refractivity contribution is 0.000692. The molecule has 7 heteroatoms. The molecule has 6 nitrogen and oxygen atoms in total. The summed E-state index contributed by atoms with van der Waals surface area (Å²) in [6, 6.07) is 0. The number of nitrogens with zero attached hydrogens (tertiary/aromatic N) is 1. The third kappa shape index (κ3) is 4.28. The van der Waals surface area contributed by atoms with Crippen LogP contribution in [0.5, 0.6) is 0 Å². The molecule has 0 atom stereocenters. The molecule has 0 unspecified atom stereocenters. The molecule has 0 saturated heterocycles. The Labute approximate surface area is 122 Å². The van der Waals surface area contributed by atoms with E-state index < -0.39 is 5.97 Å². The topological polar surface area (TPSA) is 77.5 Å². The number of nitrogens with one attached hydrogen (secondary N) is 1. The maximum atomic E-state index is 11.6. The minimum atomic E-state index is -0.608. The maximum absolute atomic E-state index is 11.6. The van der Waals surface area contributed by atoms with Gasteiger partial charge in [-0.1, -0.05) is 11.3 Å². The van der Waals surface area contributed by atoms with Crippen molar-refractivity contribution in [2.75, 3.05) is 25.6 Å². The normalized spacial score (nSPS) is 11.2. The fourth-order valence-corrected chi connectivity index (χ4v) is 2.44. The summed E-state index contributed by atoms with van der Waals surface area (Å²) in [5.74, 6) is -0.816. The van der Waals surface area contributed by atoms with E-state index in [-0.39, 0.29) is 17.1 Å². The lowest BCUT2D eigenvalue weighted by atomic mass is 10.1. The summed E-state index contributed by atoms with van der Waals surface area (Å²) in [7, 11) is 1.26. The number of esters is 1. The van der Waals surface area contributed by atoms with E-state index in [0.29, 0.717) is 23.2 Å². The summed E-state index contributed by atoms with van der Waals surface area (Å²) in [5.41, 5.74) is -0.302. The van der Waals surface area contributed by atoms with Gasteiger partial charge in [0.2, 0.25) is 0 Å². The van der Waals surface area contributed by atoms with Gasteiger partial charge in [0.25, 0.3) is 0 Å². The van der Waals surface area contributed by atoms with Crippen LogP contribution in [0.2, 0.25) is 0 Å². The van der Waals surface area contributed by atoms with Crippen LogP contribution in [0.25, 0.3) is 0 Å². The van der Waals surface area contributed by atoms with E-state index in [9.17, 15) is 9.59 Å². The van der Waals surface area contributed by atoms with Gasteiger partial charge in [-0.3, -0.25) is 4.79 Å². The van der Waals surface area contributed by atoms with Crippen LogP contribution in [-0.2, 0) is 9.47 Å². The van der Waals surface area contributed by atoms with E-state index in [1.807, 2.05) is 20.8 Å². The Morgan fingerprint density at radius 2 is 2.05 bits per heavy atom. The predicted molar refractivity (Wildman–Crippen MR) is 77.7 cm³/mol. The van der Waals surface area contributed by atoms with Crippen LogP contribution in [0, 0.1) is 0 Å². The van der Waals surface area contributed by atoms with E-state index in [0.717, 1.165) is 11.3 Å². The summed E-state index contributed by atoms with van der Waals surface area (Å²) in [4.78, 5) is 27.5. The Morgan fingerprint density at radius 1 is 1.40 bits per heavy atom. The van der Waals surface area contributed by atoms with Crippen LogP contribution in [0.15, 0.2) is 0 Å². The van der Waals surface area contributed by atoms with Crippen LogP contribution in [0.3, 0.4) is 0 Å². The molecule has 1 aromatic rings. The summed E-state index contributed by atoms with van der Waals surface area (Å²) >= 11 is 1.14. The van der Waals surface area contributed by atoms with Crippen molar-refractivity contribution in [3.05, 3.63) is 10.6 Å². The number of hydrogen-bond acceptors (Lipinski definition) is 7. The number of thiazole rings is 1. The number of aromatic nitrogens is 1. The third-order valence-corrected chi connectivity index (χ3v) is 3.64. The first-order valence-electron chi connectivity index (χ1n) is 6.28. The lowest BCUT2D eigenvalue weighted by Gasteiger charge is -2.24. The maximum Gasteiger partial charge on any atom is 0.358 e. The molecule has 0 spiro atoms. The standard InChI is InChI=1S/C13H20N2O4S/c1-6-19-13(3,4)7-14-12-15-9(11(17)18-5)10(20-12)8(2)16/h6-7H2,1-5H3,(H,14,15). The highest BCUT2D eigenvalue weighted by Gasteiger charge is 2.23. The van der Waals surface area contributed by atoms with Gasteiger partial charge in [0, 0.05) is 20.1 Å². The highest BCUT2D eigenvalue weighted by Crippen LogP contribution is 2.25. The summed E-state index contributed by atoms with van der Waals surface area (Å²) in [5, 5.41) is 3.59. The molecule has 1 N–H and O–H groups in total. The fraction of sp³-hybridized carbons (Fsp3) is 0.615. The number of ether oxygens (including phenoxy) is 2. The van der Waals surface area contributed by atoms with Crippen molar-refractivity contribution in [1.82, 2.24) is 4.98 Å². The quantitative estimate of drug-likeness (QED) is 0.615. The number of rotatable bonds is 7. The van der Waals surface area contributed by atoms with Crippen molar-refractivity contribution in [2.24, 2.45) is 0 Å². The van der Waals surface area contributed by atoms with E-state index >= 15 is 0 Å². The van der Waals surface area contributed by atoms with Crippen LogP contribution in [0.4, 0.5) is 5.13 Å². The molecule has 0 aliphatic rings. The molecule has 0 fully saturated rings. The van der Waals surface area contributed by atoms with E-state index in [1.54, 1.807) is 0 Å². The minimum Gasteiger partial charge on any atom is -0.464 e. The van der Waals surface area contributed by atoms with Gasteiger partial charge in [0.1, 0.15) is 4.88 Å². The second kappa shape index (κ2) is 6.81. The lowest BCUT2D eigenvalue weighted by Crippen LogP contribution is -2.33. The molecule has 0 aliphatic heterocycles. The molecule has 0 radical (unpaired) electrons. The first kappa shape index (κ1) is 16.6. The second-order valence-corrected chi connectivity index (χ2v) is 5.79. The first-order valence-corrected chi connectivity index (χ1v) is 7.10. The minimum absolute atomic E-state index is 0.0571. The average molecular weight is 300 g/mol. The molecular formula is C13H20N2O4S. The van der Waals surface area contributed by atoms with Gasteiger partial charge in [-0.25, -0.2) is 9.78 Å². The van der Waals surface area contributed by atoms with Gasteiger partial charge >= 0.3 is 5.97 Å². The zero-order chi connectivity index (χ0) is 15.3. The molecule has 1 rings (SSSR count). The molecule has 0 aliphatic carbocycles. The zero-order valence-electron chi connectivity index (χ0n) is 12.4. The number of hydrogen-bond donors (Lipinski definition) is 1. The molecule has 112 valence electrons. The van der Waals surface area contributed by atoms with Gasteiger partial charge in [-0.05, 0) is 20.8 Å². The first-order chi connectivity index (χ1) is 9.30. The van der Waals surface area contributed by atoms with Crippen LogP contribution in [0.1, 0.15) is 47.9 Å². The van der Waals surface area contributed by atoms with Gasteiger partial charge in [-0.2, -0.15) is 0 Å². The molecule has 0 aromatic carbocycles. The SMILES string of the molecule is CCOC(C)(C)CNc1nc(C(=O)OC)c(C(C)=O)s1. The molecular weight excluding hydrogens is 280 g/mol. The number of anilines is 1. The van der Waals surface area contributed by atoms with Crippen molar-refractivity contribution in [2.45, 2.75) is 33.3 Å². The molecule has 20 heavy (non-hydrogen) atoms. The third-order valence-electron chi connectivity index (χ3n) is 2.53. The van der Waals surface area contributed by atoms with Crippen molar-refractivity contribution >= 4 is 28.2 Å². The molecule has 0 amide bonds. The van der Waals surface area contributed by atoms with Crippen molar-refractivity contribution in [3.63, 3.8) is 0 Å². The number of carbonyl (C=O) groups is 2. The number of carbonyl (C=O) groups excluding carboxylic acids is 2. The Morgan fingerprint density at radius 3 is 2.55 bits per heavy atom. The van der Waals surface area contributed by atoms with Crippen molar-refractivity contribution in [3.8, 4) is 0 Å². The summed E-state index contributed by atoms with van der Waals surface area (Å²) in [6.45, 7) is 8.35. The Kier molecular flexibility index (Phi) is 5.64. The number of methoxy groups -OCH3 is 1. The largest absolute Gasteiger partial charge is 0.464 e. The van der Waals surface area contributed by atoms with Gasteiger partial charge in [0.15, 0.2) is 16.6 Å². The molecule has 1 aromatic heterocycles. The fourth-order valence-electron chi connectivity index (χ4n) is 1.60. The highest BCUT2D eigenvalue weighted by molar-refractivity contribution is 7.17. The highest BCUT2D eigenvalue weighted by atomic mass is 32.1. The zero-order valence-corrected chi connectivity index (χ0v) is 13.2. The van der Waals surface area contributed by atoms with Crippen molar-refractivity contribution < 1.29 is 19.1 Å². The van der Waals surface area contributed by atoms with E-state index in [4.69, 9.17) is 4.74 Å². The van der Waals surface area contributed by atoms with Crippen LogP contribution >= 0.6 is 11.3 Å². The van der Waals surface area contributed by atoms with E-state index in [1.165, 1.54) is 14.0 Å². The monoisotopic (exact) mass is 300 g/mol. The smallest absolute Gasteiger partial charge is 0.358 e. The van der Waals surface area contributed by atoms with Crippen molar-refractivity contribution in [1.29, 1.82) is 0 Å². The van der Waals surface area contributed by atoms with Crippen LogP contribution < -0.4 is 5.32 Å². The Bertz CT molecular complexity index is 497. The van der Waals surface area contributed by atoms with Gasteiger partial charge in [-0.15, -0.1) is 0 Å². The predicted octanol–water partition coefficient (Wildman–Crippen LogP) is 2.36.